The number of rotatable bonds is 4. The maximum atomic E-state index is 6.13. The van der Waals surface area contributed by atoms with Crippen molar-refractivity contribution in [1.29, 1.82) is 0 Å². The van der Waals surface area contributed by atoms with E-state index in [2.05, 4.69) is 31.2 Å². The summed E-state index contributed by atoms with van der Waals surface area (Å²) in [5.74, 6) is 1.62. The van der Waals surface area contributed by atoms with Crippen molar-refractivity contribution in [3.63, 3.8) is 0 Å². The number of nitrogens with zero attached hydrogens (tertiary/aromatic N) is 2. The number of ether oxygens (including phenoxy) is 1. The first kappa shape index (κ1) is 15.4. The second-order valence-corrected chi connectivity index (χ2v) is 5.65. The summed E-state index contributed by atoms with van der Waals surface area (Å²) in [7, 11) is 0. The maximum Gasteiger partial charge on any atom is 0.227 e. The lowest BCUT2D eigenvalue weighted by atomic mass is 10.3. The van der Waals surface area contributed by atoms with Crippen LogP contribution in [0, 0.1) is 6.92 Å². The van der Waals surface area contributed by atoms with Gasteiger partial charge in [0, 0.05) is 17.1 Å². The quantitative estimate of drug-likeness (QED) is 0.756. The molecule has 0 aliphatic carbocycles. The van der Waals surface area contributed by atoms with Crippen LogP contribution in [0.4, 0.5) is 5.82 Å². The van der Waals surface area contributed by atoms with Crippen LogP contribution >= 0.6 is 39.1 Å². The van der Waals surface area contributed by atoms with Crippen LogP contribution in [0.3, 0.4) is 0 Å². The fourth-order valence-corrected chi connectivity index (χ4v) is 2.40. The standard InChI is InChI=1S/C13H12BrCl2N3O/c1-3-17-12-7(2)13(19-6-18-12)20-11-5-9(15)8(14)4-10(11)16/h4-6H,3H2,1-2H3,(H,17,18,19). The Bertz CT molecular complexity index is 637. The van der Waals surface area contributed by atoms with Gasteiger partial charge in [0.2, 0.25) is 5.88 Å². The molecule has 106 valence electrons. The Morgan fingerprint density at radius 2 is 2.00 bits per heavy atom. The SMILES string of the molecule is CCNc1ncnc(Oc2cc(Cl)c(Br)cc2Cl)c1C. The Kier molecular flexibility index (Phi) is 5.07. The van der Waals surface area contributed by atoms with Gasteiger partial charge in [-0.2, -0.15) is 0 Å². The Hall–Kier alpha value is -1.04. The summed E-state index contributed by atoms with van der Waals surface area (Å²) in [5.41, 5.74) is 0.810. The maximum absolute atomic E-state index is 6.13. The highest BCUT2D eigenvalue weighted by Gasteiger charge is 2.12. The predicted octanol–water partition coefficient (Wildman–Crippen LogP) is 5.08. The van der Waals surface area contributed by atoms with Gasteiger partial charge in [0.1, 0.15) is 17.9 Å². The van der Waals surface area contributed by atoms with Crippen molar-refractivity contribution in [2.45, 2.75) is 13.8 Å². The first-order valence-corrected chi connectivity index (χ1v) is 7.45. The normalized spacial score (nSPS) is 10.4. The highest BCUT2D eigenvalue weighted by molar-refractivity contribution is 9.10. The van der Waals surface area contributed by atoms with Crippen LogP contribution in [0.25, 0.3) is 0 Å². The minimum Gasteiger partial charge on any atom is -0.437 e. The lowest BCUT2D eigenvalue weighted by molar-refractivity contribution is 0.458. The van der Waals surface area contributed by atoms with E-state index in [0.717, 1.165) is 17.9 Å². The molecule has 0 spiro atoms. The molecule has 0 aliphatic heterocycles. The van der Waals surface area contributed by atoms with Crippen LogP contribution in [-0.2, 0) is 0 Å². The summed E-state index contributed by atoms with van der Waals surface area (Å²) in [6, 6.07) is 3.32. The first-order chi connectivity index (χ1) is 9.52. The van der Waals surface area contributed by atoms with Gasteiger partial charge in [-0.25, -0.2) is 9.97 Å². The van der Waals surface area contributed by atoms with E-state index in [-0.39, 0.29) is 0 Å². The van der Waals surface area contributed by atoms with Crippen molar-refractivity contribution in [3.05, 3.63) is 38.5 Å². The van der Waals surface area contributed by atoms with Crippen LogP contribution in [0.2, 0.25) is 10.0 Å². The number of hydrogen-bond donors (Lipinski definition) is 1. The fraction of sp³-hybridized carbons (Fsp3) is 0.231. The molecule has 2 aromatic rings. The third-order valence-corrected chi connectivity index (χ3v) is 4.06. The van der Waals surface area contributed by atoms with Crippen molar-refractivity contribution in [3.8, 4) is 11.6 Å². The van der Waals surface area contributed by atoms with Gasteiger partial charge in [-0.1, -0.05) is 23.2 Å². The summed E-state index contributed by atoms with van der Waals surface area (Å²) in [4.78, 5) is 8.28. The van der Waals surface area contributed by atoms with Gasteiger partial charge in [0.05, 0.1) is 15.6 Å². The molecule has 1 heterocycles. The molecular formula is C13H12BrCl2N3O. The lowest BCUT2D eigenvalue weighted by Gasteiger charge is -2.12. The van der Waals surface area contributed by atoms with Gasteiger partial charge in [-0.05, 0) is 35.8 Å². The van der Waals surface area contributed by atoms with E-state index in [1.807, 2.05) is 13.8 Å². The third kappa shape index (κ3) is 3.34. The average Bonchev–Trinajstić information content (AvgIpc) is 2.40. The zero-order valence-corrected chi connectivity index (χ0v) is 14.0. The lowest BCUT2D eigenvalue weighted by Crippen LogP contribution is -2.03. The van der Waals surface area contributed by atoms with Crippen molar-refractivity contribution in [1.82, 2.24) is 9.97 Å². The van der Waals surface area contributed by atoms with Crippen molar-refractivity contribution in [2.75, 3.05) is 11.9 Å². The van der Waals surface area contributed by atoms with Gasteiger partial charge < -0.3 is 10.1 Å². The first-order valence-electron chi connectivity index (χ1n) is 5.90. The Labute approximate surface area is 135 Å². The highest BCUT2D eigenvalue weighted by atomic mass is 79.9. The minimum atomic E-state index is 0.441. The molecule has 0 saturated carbocycles. The smallest absolute Gasteiger partial charge is 0.227 e. The Morgan fingerprint density at radius 1 is 1.25 bits per heavy atom. The topological polar surface area (TPSA) is 47.0 Å². The zero-order chi connectivity index (χ0) is 14.7. The molecular weight excluding hydrogens is 365 g/mol. The molecule has 1 N–H and O–H groups in total. The second kappa shape index (κ2) is 6.61. The number of anilines is 1. The summed E-state index contributed by atoms with van der Waals surface area (Å²) < 4.78 is 6.45. The molecule has 0 radical (unpaired) electrons. The van der Waals surface area contributed by atoms with Crippen molar-refractivity contribution >= 4 is 44.9 Å². The van der Waals surface area contributed by atoms with Crippen LogP contribution in [0.1, 0.15) is 12.5 Å². The van der Waals surface area contributed by atoms with Gasteiger partial charge in [0.25, 0.3) is 0 Å². The van der Waals surface area contributed by atoms with Gasteiger partial charge in [-0.15, -0.1) is 0 Å². The molecule has 0 unspecified atom stereocenters. The molecule has 2 rings (SSSR count). The largest absolute Gasteiger partial charge is 0.437 e. The van der Waals surface area contributed by atoms with E-state index in [9.17, 15) is 0 Å². The van der Waals surface area contributed by atoms with Gasteiger partial charge >= 0.3 is 0 Å². The predicted molar refractivity (Wildman–Crippen MR) is 85.2 cm³/mol. The van der Waals surface area contributed by atoms with Crippen LogP contribution < -0.4 is 10.1 Å². The van der Waals surface area contributed by atoms with Crippen LogP contribution in [0.5, 0.6) is 11.6 Å². The molecule has 0 atom stereocenters. The number of aromatic nitrogens is 2. The molecule has 1 aromatic heterocycles. The minimum absolute atomic E-state index is 0.441. The van der Waals surface area contributed by atoms with Crippen molar-refractivity contribution in [2.24, 2.45) is 0 Å². The van der Waals surface area contributed by atoms with E-state index in [1.54, 1.807) is 12.1 Å². The summed E-state index contributed by atoms with van der Waals surface area (Å²) in [6.45, 7) is 4.64. The molecule has 1 aromatic carbocycles. The highest BCUT2D eigenvalue weighted by Crippen LogP contribution is 2.37. The molecule has 0 aliphatic rings. The molecule has 0 fully saturated rings. The molecule has 4 nitrogen and oxygen atoms in total. The Morgan fingerprint density at radius 3 is 2.70 bits per heavy atom. The van der Waals surface area contributed by atoms with E-state index >= 15 is 0 Å². The van der Waals surface area contributed by atoms with Crippen LogP contribution in [-0.4, -0.2) is 16.5 Å². The monoisotopic (exact) mass is 375 g/mol. The molecule has 7 heteroatoms. The number of benzene rings is 1. The average molecular weight is 377 g/mol. The molecule has 0 amide bonds. The number of hydrogen-bond acceptors (Lipinski definition) is 4. The van der Waals surface area contributed by atoms with Gasteiger partial charge in [-0.3, -0.25) is 0 Å². The summed E-state index contributed by atoms with van der Waals surface area (Å²) in [5, 5.41) is 4.10. The second-order valence-electron chi connectivity index (χ2n) is 3.98. The van der Waals surface area contributed by atoms with Crippen LogP contribution in [0.15, 0.2) is 22.9 Å². The zero-order valence-electron chi connectivity index (χ0n) is 10.9. The fourth-order valence-electron chi connectivity index (χ4n) is 1.57. The number of halogens is 3. The van der Waals surface area contributed by atoms with E-state index in [4.69, 9.17) is 27.9 Å². The van der Waals surface area contributed by atoms with E-state index in [1.165, 1.54) is 6.33 Å². The van der Waals surface area contributed by atoms with E-state index < -0.39 is 0 Å². The summed E-state index contributed by atoms with van der Waals surface area (Å²) >= 11 is 15.5. The molecule has 20 heavy (non-hydrogen) atoms. The molecule has 0 saturated heterocycles. The number of nitrogens with one attached hydrogen (secondary N) is 1. The third-order valence-electron chi connectivity index (χ3n) is 2.56. The van der Waals surface area contributed by atoms with E-state index in [0.29, 0.717) is 26.1 Å². The summed E-state index contributed by atoms with van der Waals surface area (Å²) in [6.07, 6.45) is 1.44. The molecule has 0 bridgehead atoms. The Balaban J connectivity index is 2.35. The van der Waals surface area contributed by atoms with Crippen molar-refractivity contribution < 1.29 is 4.74 Å². The van der Waals surface area contributed by atoms with Gasteiger partial charge in [0.15, 0.2) is 0 Å².